The molecule has 1 aromatic rings. The lowest BCUT2D eigenvalue weighted by molar-refractivity contribution is 0.244. The molecule has 1 aliphatic rings. The van der Waals surface area contributed by atoms with E-state index in [1.54, 1.807) is 0 Å². The van der Waals surface area contributed by atoms with Crippen molar-refractivity contribution >= 4 is 11.6 Å². The van der Waals surface area contributed by atoms with Gasteiger partial charge in [0.2, 0.25) is 0 Å². The fourth-order valence-electron chi connectivity index (χ4n) is 2.83. The lowest BCUT2D eigenvalue weighted by Gasteiger charge is -2.34. The molecule has 0 aliphatic carbocycles. The summed E-state index contributed by atoms with van der Waals surface area (Å²) in [5.74, 6) is 8.59. The van der Waals surface area contributed by atoms with E-state index < -0.39 is 0 Å². The minimum atomic E-state index is 0.261. The first-order valence-corrected chi connectivity index (χ1v) is 7.39. The SMILES string of the molecule is CCc1nc(NN)c(C)c(N2CCCC(CCO)C2)n1. The number of hydrazine groups is 1. The Hall–Kier alpha value is -1.40. The number of nitrogens with zero attached hydrogens (tertiary/aromatic N) is 3. The Morgan fingerprint density at radius 2 is 2.25 bits per heavy atom. The van der Waals surface area contributed by atoms with Gasteiger partial charge in [-0.15, -0.1) is 0 Å². The summed E-state index contributed by atoms with van der Waals surface area (Å²) in [6, 6.07) is 0. The standard InChI is InChI=1S/C14H25N5O/c1-3-12-16-13(18-15)10(2)14(17-12)19-7-4-5-11(9-19)6-8-20/h11,20H,3-9,15H2,1-2H3,(H,16,17,18). The molecule has 1 fully saturated rings. The van der Waals surface area contributed by atoms with Crippen LogP contribution in [0.3, 0.4) is 0 Å². The summed E-state index contributed by atoms with van der Waals surface area (Å²) in [4.78, 5) is 11.4. The molecule has 6 heteroatoms. The number of rotatable bonds is 5. The first-order valence-electron chi connectivity index (χ1n) is 7.39. The van der Waals surface area contributed by atoms with Crippen LogP contribution in [0.2, 0.25) is 0 Å². The number of aromatic nitrogens is 2. The Kier molecular flexibility index (Phi) is 5.14. The molecule has 2 rings (SSSR count). The van der Waals surface area contributed by atoms with Crippen LogP contribution in [-0.4, -0.2) is 34.8 Å². The topological polar surface area (TPSA) is 87.3 Å². The smallest absolute Gasteiger partial charge is 0.148 e. The van der Waals surface area contributed by atoms with Crippen LogP contribution in [0.4, 0.5) is 11.6 Å². The third-order valence-electron chi connectivity index (χ3n) is 3.98. The molecule has 1 aromatic heterocycles. The van der Waals surface area contributed by atoms with E-state index in [1.165, 1.54) is 6.42 Å². The van der Waals surface area contributed by atoms with Crippen LogP contribution < -0.4 is 16.2 Å². The maximum atomic E-state index is 9.12. The Labute approximate surface area is 120 Å². The van der Waals surface area contributed by atoms with Crippen molar-refractivity contribution in [3.8, 4) is 0 Å². The second kappa shape index (κ2) is 6.85. The molecular weight excluding hydrogens is 254 g/mol. The van der Waals surface area contributed by atoms with Gasteiger partial charge in [0.25, 0.3) is 0 Å². The predicted octanol–water partition coefficient (Wildman–Crippen LogP) is 1.23. The maximum Gasteiger partial charge on any atom is 0.148 e. The van der Waals surface area contributed by atoms with Crippen molar-refractivity contribution < 1.29 is 5.11 Å². The summed E-state index contributed by atoms with van der Waals surface area (Å²) in [5.41, 5.74) is 3.66. The van der Waals surface area contributed by atoms with Crippen molar-refractivity contribution in [3.63, 3.8) is 0 Å². The molecule has 0 radical (unpaired) electrons. The molecule has 1 unspecified atom stereocenters. The van der Waals surface area contributed by atoms with Crippen molar-refractivity contribution in [2.75, 3.05) is 30.0 Å². The molecule has 0 aromatic carbocycles. The molecule has 1 aliphatic heterocycles. The van der Waals surface area contributed by atoms with Gasteiger partial charge in [-0.1, -0.05) is 6.92 Å². The van der Waals surface area contributed by atoms with Crippen molar-refractivity contribution in [3.05, 3.63) is 11.4 Å². The van der Waals surface area contributed by atoms with E-state index >= 15 is 0 Å². The normalized spacial score (nSPS) is 19.2. The Morgan fingerprint density at radius 3 is 2.90 bits per heavy atom. The largest absolute Gasteiger partial charge is 0.396 e. The van der Waals surface area contributed by atoms with Gasteiger partial charge in [-0.05, 0) is 32.1 Å². The van der Waals surface area contributed by atoms with Gasteiger partial charge in [0.15, 0.2) is 0 Å². The third-order valence-corrected chi connectivity index (χ3v) is 3.98. The van der Waals surface area contributed by atoms with Crippen molar-refractivity contribution in [2.24, 2.45) is 11.8 Å². The number of piperidine rings is 1. The molecule has 0 bridgehead atoms. The lowest BCUT2D eigenvalue weighted by atomic mass is 9.95. The minimum Gasteiger partial charge on any atom is -0.396 e. The molecule has 4 N–H and O–H groups in total. The van der Waals surface area contributed by atoms with Crippen molar-refractivity contribution in [2.45, 2.75) is 39.5 Å². The number of nitrogens with two attached hydrogens (primary N) is 1. The zero-order valence-electron chi connectivity index (χ0n) is 12.4. The summed E-state index contributed by atoms with van der Waals surface area (Å²) >= 11 is 0. The van der Waals surface area contributed by atoms with Gasteiger partial charge in [0.1, 0.15) is 17.5 Å². The van der Waals surface area contributed by atoms with Gasteiger partial charge in [0.05, 0.1) is 0 Å². The number of hydrogen-bond donors (Lipinski definition) is 3. The summed E-state index contributed by atoms with van der Waals surface area (Å²) in [6.45, 7) is 6.26. The summed E-state index contributed by atoms with van der Waals surface area (Å²) in [7, 11) is 0. The average Bonchev–Trinajstić information content (AvgIpc) is 2.48. The van der Waals surface area contributed by atoms with Gasteiger partial charge < -0.3 is 15.4 Å². The highest BCUT2D eigenvalue weighted by Crippen LogP contribution is 2.28. The predicted molar refractivity (Wildman–Crippen MR) is 80.6 cm³/mol. The average molecular weight is 279 g/mol. The van der Waals surface area contributed by atoms with Gasteiger partial charge >= 0.3 is 0 Å². The highest BCUT2D eigenvalue weighted by atomic mass is 16.3. The van der Waals surface area contributed by atoms with Crippen LogP contribution in [-0.2, 0) is 6.42 Å². The van der Waals surface area contributed by atoms with Gasteiger partial charge in [-0.2, -0.15) is 0 Å². The van der Waals surface area contributed by atoms with Crippen LogP contribution in [0.15, 0.2) is 0 Å². The molecule has 6 nitrogen and oxygen atoms in total. The Balaban J connectivity index is 2.26. The first kappa shape index (κ1) is 15.0. The summed E-state index contributed by atoms with van der Waals surface area (Å²) in [5, 5.41) is 9.12. The van der Waals surface area contributed by atoms with E-state index in [1.807, 2.05) is 13.8 Å². The Bertz CT molecular complexity index is 449. The first-order chi connectivity index (χ1) is 9.69. The van der Waals surface area contributed by atoms with Gasteiger partial charge in [0, 0.05) is 31.7 Å². The molecule has 0 amide bonds. The van der Waals surface area contributed by atoms with E-state index in [2.05, 4.69) is 20.3 Å². The zero-order valence-corrected chi connectivity index (χ0v) is 12.4. The van der Waals surface area contributed by atoms with Crippen LogP contribution in [0.5, 0.6) is 0 Å². The van der Waals surface area contributed by atoms with Crippen molar-refractivity contribution in [1.29, 1.82) is 0 Å². The fourth-order valence-corrected chi connectivity index (χ4v) is 2.83. The number of nitrogen functional groups attached to an aromatic ring is 1. The van der Waals surface area contributed by atoms with E-state index in [4.69, 9.17) is 10.9 Å². The molecule has 1 atom stereocenters. The Morgan fingerprint density at radius 1 is 1.45 bits per heavy atom. The number of nitrogens with one attached hydrogen (secondary N) is 1. The second-order valence-corrected chi connectivity index (χ2v) is 5.40. The number of hydrogen-bond acceptors (Lipinski definition) is 6. The molecule has 20 heavy (non-hydrogen) atoms. The minimum absolute atomic E-state index is 0.261. The quantitative estimate of drug-likeness (QED) is 0.555. The second-order valence-electron chi connectivity index (χ2n) is 5.40. The molecule has 112 valence electrons. The maximum absolute atomic E-state index is 9.12. The van der Waals surface area contributed by atoms with Crippen LogP contribution >= 0.6 is 0 Å². The van der Waals surface area contributed by atoms with Crippen molar-refractivity contribution in [1.82, 2.24) is 9.97 Å². The number of aliphatic hydroxyl groups is 1. The monoisotopic (exact) mass is 279 g/mol. The highest BCUT2D eigenvalue weighted by molar-refractivity contribution is 5.58. The summed E-state index contributed by atoms with van der Waals surface area (Å²) in [6.07, 6.45) is 3.98. The molecule has 1 saturated heterocycles. The number of aryl methyl sites for hydroxylation is 1. The zero-order chi connectivity index (χ0) is 14.5. The van der Waals surface area contributed by atoms with E-state index in [-0.39, 0.29) is 6.61 Å². The van der Waals surface area contributed by atoms with Gasteiger partial charge in [-0.25, -0.2) is 15.8 Å². The molecular formula is C14H25N5O. The third kappa shape index (κ3) is 3.19. The van der Waals surface area contributed by atoms with Gasteiger partial charge in [-0.3, -0.25) is 0 Å². The summed E-state index contributed by atoms with van der Waals surface area (Å²) < 4.78 is 0. The highest BCUT2D eigenvalue weighted by Gasteiger charge is 2.23. The van der Waals surface area contributed by atoms with E-state index in [0.717, 1.165) is 49.6 Å². The molecule has 0 spiro atoms. The number of anilines is 2. The van der Waals surface area contributed by atoms with Crippen LogP contribution in [0, 0.1) is 12.8 Å². The van der Waals surface area contributed by atoms with E-state index in [9.17, 15) is 0 Å². The lowest BCUT2D eigenvalue weighted by Crippen LogP contribution is -2.37. The fraction of sp³-hybridized carbons (Fsp3) is 0.714. The number of aliphatic hydroxyl groups excluding tert-OH is 1. The van der Waals surface area contributed by atoms with Crippen LogP contribution in [0.25, 0.3) is 0 Å². The van der Waals surface area contributed by atoms with Crippen LogP contribution in [0.1, 0.15) is 37.6 Å². The molecule has 0 saturated carbocycles. The molecule has 2 heterocycles. The van der Waals surface area contributed by atoms with E-state index in [0.29, 0.717) is 11.7 Å².